The van der Waals surface area contributed by atoms with Crippen molar-refractivity contribution in [2.45, 2.75) is 31.3 Å². The summed E-state index contributed by atoms with van der Waals surface area (Å²) in [6.45, 7) is 1.06. The summed E-state index contributed by atoms with van der Waals surface area (Å²) in [6.07, 6.45) is 0.898. The number of rotatable bonds is 3. The first-order valence-corrected chi connectivity index (χ1v) is 8.60. The van der Waals surface area contributed by atoms with E-state index in [1.165, 1.54) is 12.1 Å². The summed E-state index contributed by atoms with van der Waals surface area (Å²) in [7, 11) is 1.65. The first kappa shape index (κ1) is 18.2. The van der Waals surface area contributed by atoms with Crippen LogP contribution >= 0.6 is 0 Å². The minimum Gasteiger partial charge on any atom is -0.481 e. The van der Waals surface area contributed by atoms with E-state index in [0.717, 1.165) is 5.56 Å². The summed E-state index contributed by atoms with van der Waals surface area (Å²) in [5, 5.41) is 12.3. The molecule has 2 fully saturated rings. The molecule has 2 aliphatic rings. The number of hydrogen-bond donors (Lipinski definition) is 2. The van der Waals surface area contributed by atoms with E-state index < -0.39 is 17.4 Å². The lowest BCUT2D eigenvalue weighted by atomic mass is 9.77. The number of amides is 3. The van der Waals surface area contributed by atoms with Crippen molar-refractivity contribution in [2.24, 2.45) is 5.92 Å². The second-order valence-corrected chi connectivity index (χ2v) is 6.92. The Kier molecular flexibility index (Phi) is 4.84. The van der Waals surface area contributed by atoms with E-state index in [2.05, 4.69) is 5.32 Å². The van der Waals surface area contributed by atoms with Gasteiger partial charge < -0.3 is 20.2 Å². The van der Waals surface area contributed by atoms with Crippen LogP contribution in [0, 0.1) is 11.7 Å². The van der Waals surface area contributed by atoms with Gasteiger partial charge in [0.25, 0.3) is 0 Å². The Morgan fingerprint density at radius 2 is 1.88 bits per heavy atom. The van der Waals surface area contributed by atoms with Crippen molar-refractivity contribution in [2.75, 3.05) is 20.1 Å². The number of likely N-dealkylation sites (tertiary alicyclic amines) is 2. The zero-order valence-corrected chi connectivity index (χ0v) is 14.6. The normalized spacial score (nSPS) is 21.9. The van der Waals surface area contributed by atoms with E-state index in [4.69, 9.17) is 0 Å². The molecule has 0 bridgehead atoms. The maximum atomic E-state index is 12.9. The second-order valence-electron chi connectivity index (χ2n) is 6.92. The molecule has 140 valence electrons. The minimum absolute atomic E-state index is 0.0165. The van der Waals surface area contributed by atoms with Crippen molar-refractivity contribution in [3.63, 3.8) is 0 Å². The number of nitrogens with zero attached hydrogens (tertiary/aromatic N) is 2. The highest BCUT2D eigenvalue weighted by atomic mass is 19.1. The highest BCUT2D eigenvalue weighted by Gasteiger charge is 2.55. The molecule has 26 heavy (non-hydrogen) atoms. The van der Waals surface area contributed by atoms with Gasteiger partial charge in [0.2, 0.25) is 5.91 Å². The Balaban J connectivity index is 1.59. The third-order valence-corrected chi connectivity index (χ3v) is 5.64. The van der Waals surface area contributed by atoms with Gasteiger partial charge in [-0.3, -0.25) is 9.59 Å². The molecule has 1 spiro atoms. The maximum absolute atomic E-state index is 12.9. The molecule has 0 aromatic heterocycles. The molecule has 2 heterocycles. The average molecular weight is 363 g/mol. The zero-order chi connectivity index (χ0) is 18.9. The molecule has 2 N–H and O–H groups in total. The van der Waals surface area contributed by atoms with E-state index in [0.29, 0.717) is 25.9 Å². The van der Waals surface area contributed by atoms with Gasteiger partial charge in [-0.1, -0.05) is 12.1 Å². The molecular weight excluding hydrogens is 341 g/mol. The zero-order valence-electron chi connectivity index (χ0n) is 14.6. The number of carbonyl (C=O) groups is 3. The molecule has 1 atom stereocenters. The number of piperidine rings is 1. The van der Waals surface area contributed by atoms with Gasteiger partial charge in [-0.2, -0.15) is 0 Å². The number of aliphatic carboxylic acids is 1. The van der Waals surface area contributed by atoms with Gasteiger partial charge in [-0.15, -0.1) is 0 Å². The molecule has 3 amide bonds. The third-order valence-electron chi connectivity index (χ3n) is 5.64. The predicted octanol–water partition coefficient (Wildman–Crippen LogP) is 1.43. The fourth-order valence-corrected chi connectivity index (χ4v) is 3.97. The molecule has 1 aromatic carbocycles. The van der Waals surface area contributed by atoms with E-state index in [1.807, 2.05) is 0 Å². The maximum Gasteiger partial charge on any atom is 0.317 e. The molecule has 7 nitrogen and oxygen atoms in total. The van der Waals surface area contributed by atoms with Gasteiger partial charge in [-0.05, 0) is 30.5 Å². The Hall–Kier alpha value is -2.64. The Morgan fingerprint density at radius 1 is 1.27 bits per heavy atom. The van der Waals surface area contributed by atoms with Crippen LogP contribution in [-0.2, 0) is 16.1 Å². The Morgan fingerprint density at radius 3 is 2.46 bits per heavy atom. The van der Waals surface area contributed by atoms with Gasteiger partial charge in [0.15, 0.2) is 0 Å². The van der Waals surface area contributed by atoms with Crippen LogP contribution in [0.15, 0.2) is 24.3 Å². The van der Waals surface area contributed by atoms with Crippen molar-refractivity contribution in [3.05, 3.63) is 35.6 Å². The lowest BCUT2D eigenvalue weighted by molar-refractivity contribution is -0.145. The van der Waals surface area contributed by atoms with Crippen LogP contribution in [0.5, 0.6) is 0 Å². The van der Waals surface area contributed by atoms with E-state index in [-0.39, 0.29) is 30.7 Å². The highest BCUT2D eigenvalue weighted by Crippen LogP contribution is 2.42. The number of carbonyl (C=O) groups excluding carboxylic acids is 2. The Bertz CT molecular complexity index is 714. The van der Waals surface area contributed by atoms with Crippen LogP contribution in [0.25, 0.3) is 0 Å². The van der Waals surface area contributed by atoms with Crippen LogP contribution in [0.4, 0.5) is 9.18 Å². The summed E-state index contributed by atoms with van der Waals surface area (Å²) in [5.41, 5.74) is 0.0803. The standard InChI is InChI=1S/C18H22FN3O4/c1-21-15(23)10-14(16(24)25)18(21)6-8-22(9-7-18)17(26)20-11-12-2-4-13(19)5-3-12/h2-5,14H,6-11H2,1H3,(H,20,26)(H,24,25)/t14-/m0/s1. The van der Waals surface area contributed by atoms with E-state index >= 15 is 0 Å². The average Bonchev–Trinajstić information content (AvgIpc) is 2.87. The highest BCUT2D eigenvalue weighted by molar-refractivity contribution is 5.88. The predicted molar refractivity (Wildman–Crippen MR) is 90.7 cm³/mol. The van der Waals surface area contributed by atoms with Gasteiger partial charge in [-0.25, -0.2) is 9.18 Å². The smallest absolute Gasteiger partial charge is 0.317 e. The SMILES string of the molecule is CN1C(=O)C[C@@H](C(=O)O)C12CCN(C(=O)NCc1ccc(F)cc1)CC2. The van der Waals surface area contributed by atoms with E-state index in [1.54, 1.807) is 29.0 Å². The van der Waals surface area contributed by atoms with Crippen LogP contribution in [-0.4, -0.2) is 58.5 Å². The summed E-state index contributed by atoms with van der Waals surface area (Å²) in [6, 6.07) is 5.65. The number of nitrogens with one attached hydrogen (secondary N) is 1. The number of carboxylic acids is 1. The lowest BCUT2D eigenvalue weighted by Crippen LogP contribution is -2.58. The fraction of sp³-hybridized carbons (Fsp3) is 0.500. The molecule has 0 unspecified atom stereocenters. The van der Waals surface area contributed by atoms with Gasteiger partial charge in [0.05, 0.1) is 11.5 Å². The van der Waals surface area contributed by atoms with Crippen molar-refractivity contribution in [1.82, 2.24) is 15.1 Å². The van der Waals surface area contributed by atoms with E-state index in [9.17, 15) is 23.9 Å². The number of halogens is 1. The number of carboxylic acid groups (broad SMARTS) is 1. The summed E-state index contributed by atoms with van der Waals surface area (Å²) < 4.78 is 12.9. The van der Waals surface area contributed by atoms with Gasteiger partial charge >= 0.3 is 12.0 Å². The van der Waals surface area contributed by atoms with Gasteiger partial charge in [0.1, 0.15) is 5.82 Å². The van der Waals surface area contributed by atoms with Crippen molar-refractivity contribution < 1.29 is 23.9 Å². The summed E-state index contributed by atoms with van der Waals surface area (Å²) in [5.74, 6) is -2.18. The third kappa shape index (κ3) is 3.23. The van der Waals surface area contributed by atoms with Gasteiger partial charge in [0, 0.05) is 33.1 Å². The number of hydrogen-bond acceptors (Lipinski definition) is 3. The Labute approximate surface area is 150 Å². The molecular formula is C18H22FN3O4. The molecule has 3 rings (SSSR count). The monoisotopic (exact) mass is 363 g/mol. The topological polar surface area (TPSA) is 90.0 Å². The first-order valence-electron chi connectivity index (χ1n) is 8.60. The summed E-state index contributed by atoms with van der Waals surface area (Å²) >= 11 is 0. The molecule has 0 radical (unpaired) electrons. The first-order chi connectivity index (χ1) is 12.3. The van der Waals surface area contributed by atoms with Crippen LogP contribution in [0.1, 0.15) is 24.8 Å². The van der Waals surface area contributed by atoms with Crippen molar-refractivity contribution in [3.8, 4) is 0 Å². The van der Waals surface area contributed by atoms with Crippen LogP contribution in [0.2, 0.25) is 0 Å². The number of benzene rings is 1. The summed E-state index contributed by atoms with van der Waals surface area (Å²) in [4.78, 5) is 39.1. The minimum atomic E-state index is -0.961. The van der Waals surface area contributed by atoms with Crippen LogP contribution < -0.4 is 5.32 Å². The molecule has 0 saturated carbocycles. The molecule has 2 aliphatic heterocycles. The lowest BCUT2D eigenvalue weighted by Gasteiger charge is -2.45. The molecule has 0 aliphatic carbocycles. The van der Waals surface area contributed by atoms with Crippen molar-refractivity contribution in [1.29, 1.82) is 0 Å². The molecule has 1 aromatic rings. The second kappa shape index (κ2) is 6.93. The molecule has 8 heteroatoms. The fourth-order valence-electron chi connectivity index (χ4n) is 3.97. The number of urea groups is 1. The largest absolute Gasteiger partial charge is 0.481 e. The van der Waals surface area contributed by atoms with Crippen LogP contribution in [0.3, 0.4) is 0 Å². The molecule has 2 saturated heterocycles. The van der Waals surface area contributed by atoms with Crippen molar-refractivity contribution >= 4 is 17.9 Å². The quantitative estimate of drug-likeness (QED) is 0.850.